The van der Waals surface area contributed by atoms with Crippen molar-refractivity contribution in [2.75, 3.05) is 6.61 Å². The van der Waals surface area contributed by atoms with Crippen LogP contribution in [0.25, 0.3) is 0 Å². The van der Waals surface area contributed by atoms with E-state index in [1.807, 2.05) is 12.1 Å². The molecule has 0 aliphatic carbocycles. The van der Waals surface area contributed by atoms with Gasteiger partial charge in [0.05, 0.1) is 0 Å². The summed E-state index contributed by atoms with van der Waals surface area (Å²) in [5.74, 6) is 3.30. The predicted octanol–water partition coefficient (Wildman–Crippen LogP) is 3.38. The Morgan fingerprint density at radius 1 is 1.44 bits per heavy atom. The first-order chi connectivity index (χ1) is 7.53. The van der Waals surface area contributed by atoms with Crippen molar-refractivity contribution in [2.24, 2.45) is 0 Å². The molecule has 0 aromatic heterocycles. The van der Waals surface area contributed by atoms with E-state index in [9.17, 15) is 0 Å². The Balaban J connectivity index is 2.68. The van der Waals surface area contributed by atoms with Crippen molar-refractivity contribution in [3.63, 3.8) is 0 Å². The molecule has 0 aliphatic heterocycles. The summed E-state index contributed by atoms with van der Waals surface area (Å²) in [7, 11) is -1.00. The van der Waals surface area contributed by atoms with Gasteiger partial charge in [0.2, 0.25) is 0 Å². The monoisotopic (exact) mass is 231 g/mol. The zero-order chi connectivity index (χ0) is 12.0. The molecule has 1 aromatic carbocycles. The summed E-state index contributed by atoms with van der Waals surface area (Å²) < 4.78 is 5.48. The second kappa shape index (κ2) is 5.76. The number of terminal acetylenes is 1. The smallest absolute Gasteiger partial charge is 0.148 e. The topological polar surface area (TPSA) is 9.23 Å². The van der Waals surface area contributed by atoms with Gasteiger partial charge in [0, 0.05) is 14.1 Å². The first-order valence-corrected chi connectivity index (χ1v) is 9.29. The van der Waals surface area contributed by atoms with Gasteiger partial charge in [-0.15, -0.1) is 6.42 Å². The van der Waals surface area contributed by atoms with E-state index in [2.05, 4.69) is 37.7 Å². The molecule has 0 aliphatic rings. The van der Waals surface area contributed by atoms with Crippen molar-refractivity contribution in [1.29, 1.82) is 0 Å². The van der Waals surface area contributed by atoms with Crippen molar-refractivity contribution in [3.05, 3.63) is 29.8 Å². The lowest BCUT2D eigenvalue weighted by Gasteiger charge is -2.16. The van der Waals surface area contributed by atoms with Crippen molar-refractivity contribution in [2.45, 2.75) is 32.1 Å². The molecule has 1 rings (SSSR count). The zero-order valence-electron chi connectivity index (χ0n) is 10.3. The second-order valence-electron chi connectivity index (χ2n) is 5.08. The molecule has 85 valence electrons. The molecular weight excluding hydrogens is 212 g/mol. The van der Waals surface area contributed by atoms with Gasteiger partial charge in [-0.2, -0.15) is 0 Å². The van der Waals surface area contributed by atoms with Crippen LogP contribution in [0.15, 0.2) is 18.2 Å². The van der Waals surface area contributed by atoms with Gasteiger partial charge >= 0.3 is 0 Å². The Labute approximate surface area is 99.8 Å². The fraction of sp³-hybridized carbons (Fsp3) is 0.429. The maximum absolute atomic E-state index is 5.48. The molecule has 0 atom stereocenters. The van der Waals surface area contributed by atoms with E-state index in [0.29, 0.717) is 6.61 Å². The molecule has 0 heterocycles. The standard InChI is InChI=1S/C14H19OSi/c1-5-11-15-14-9-7-6-8-13(14)10-12-16(2,3)4/h1,6-8H,10-12H2,2-4H3. The van der Waals surface area contributed by atoms with Crippen LogP contribution in [0.2, 0.25) is 25.7 Å². The number of aryl methyl sites for hydroxylation is 1. The van der Waals surface area contributed by atoms with Crippen molar-refractivity contribution in [3.8, 4) is 18.1 Å². The van der Waals surface area contributed by atoms with Crippen LogP contribution in [0, 0.1) is 18.4 Å². The molecule has 0 amide bonds. The van der Waals surface area contributed by atoms with E-state index in [1.54, 1.807) is 0 Å². The van der Waals surface area contributed by atoms with E-state index in [1.165, 1.54) is 11.6 Å². The van der Waals surface area contributed by atoms with Gasteiger partial charge in [0.1, 0.15) is 12.4 Å². The molecule has 16 heavy (non-hydrogen) atoms. The highest BCUT2D eigenvalue weighted by atomic mass is 28.3. The van der Waals surface area contributed by atoms with Crippen molar-refractivity contribution in [1.82, 2.24) is 0 Å². The molecule has 0 saturated heterocycles. The number of benzene rings is 1. The van der Waals surface area contributed by atoms with Crippen LogP contribution in [-0.2, 0) is 6.42 Å². The third kappa shape index (κ3) is 4.54. The largest absolute Gasteiger partial charge is 0.480 e. The predicted molar refractivity (Wildman–Crippen MR) is 71.5 cm³/mol. The van der Waals surface area contributed by atoms with Gasteiger partial charge in [-0.05, 0) is 12.0 Å². The van der Waals surface area contributed by atoms with Crippen molar-refractivity contribution < 1.29 is 4.74 Å². The van der Waals surface area contributed by atoms with Crippen LogP contribution >= 0.6 is 0 Å². The summed E-state index contributed by atoms with van der Waals surface area (Å²) in [6, 6.07) is 10.3. The van der Waals surface area contributed by atoms with Gasteiger partial charge in [0.25, 0.3) is 0 Å². The lowest BCUT2D eigenvalue weighted by Crippen LogP contribution is -2.20. The number of hydrogen-bond acceptors (Lipinski definition) is 1. The minimum atomic E-state index is -1.00. The van der Waals surface area contributed by atoms with Crippen LogP contribution in [0.3, 0.4) is 0 Å². The SMILES string of the molecule is C#CCOc1[c]cccc1CC[Si](C)(C)C. The molecule has 0 bridgehead atoms. The lowest BCUT2D eigenvalue weighted by molar-refractivity contribution is 0.365. The normalized spacial score (nSPS) is 10.9. The maximum atomic E-state index is 5.48. The zero-order valence-corrected chi connectivity index (χ0v) is 11.3. The lowest BCUT2D eigenvalue weighted by atomic mass is 10.1. The molecule has 0 spiro atoms. The molecule has 0 N–H and O–H groups in total. The Hall–Kier alpha value is -1.20. The average molecular weight is 231 g/mol. The highest BCUT2D eigenvalue weighted by Crippen LogP contribution is 2.22. The molecule has 0 saturated carbocycles. The van der Waals surface area contributed by atoms with Gasteiger partial charge in [0.15, 0.2) is 0 Å². The molecule has 1 aromatic rings. The van der Waals surface area contributed by atoms with Crippen LogP contribution in [-0.4, -0.2) is 14.7 Å². The summed E-state index contributed by atoms with van der Waals surface area (Å²) in [6.07, 6.45) is 6.25. The number of ether oxygens (including phenoxy) is 1. The molecule has 0 unspecified atom stereocenters. The first-order valence-electron chi connectivity index (χ1n) is 5.59. The number of para-hydroxylation sites is 1. The molecule has 1 nitrogen and oxygen atoms in total. The highest BCUT2D eigenvalue weighted by Gasteiger charge is 2.14. The van der Waals surface area contributed by atoms with Crippen LogP contribution in [0.1, 0.15) is 5.56 Å². The Morgan fingerprint density at radius 2 is 2.19 bits per heavy atom. The molecule has 2 heteroatoms. The summed E-state index contributed by atoms with van der Waals surface area (Å²) in [6.45, 7) is 7.45. The van der Waals surface area contributed by atoms with E-state index in [4.69, 9.17) is 11.2 Å². The minimum Gasteiger partial charge on any atom is -0.480 e. The second-order valence-corrected chi connectivity index (χ2v) is 10.7. The van der Waals surface area contributed by atoms with E-state index in [0.717, 1.165) is 12.2 Å². The van der Waals surface area contributed by atoms with Gasteiger partial charge in [-0.3, -0.25) is 0 Å². The maximum Gasteiger partial charge on any atom is 0.148 e. The summed E-state index contributed by atoms with van der Waals surface area (Å²) in [5.41, 5.74) is 1.22. The summed E-state index contributed by atoms with van der Waals surface area (Å²) in [4.78, 5) is 0. The fourth-order valence-corrected chi connectivity index (χ4v) is 2.43. The van der Waals surface area contributed by atoms with Crippen LogP contribution in [0.5, 0.6) is 5.75 Å². The minimum absolute atomic E-state index is 0.320. The Morgan fingerprint density at radius 3 is 2.81 bits per heavy atom. The van der Waals surface area contributed by atoms with E-state index < -0.39 is 8.07 Å². The summed E-state index contributed by atoms with van der Waals surface area (Å²) in [5, 5.41) is 0. The average Bonchev–Trinajstić information content (AvgIpc) is 2.23. The summed E-state index contributed by atoms with van der Waals surface area (Å²) >= 11 is 0. The van der Waals surface area contributed by atoms with Gasteiger partial charge < -0.3 is 4.74 Å². The molecule has 0 fully saturated rings. The van der Waals surface area contributed by atoms with Gasteiger partial charge in [-0.25, -0.2) is 0 Å². The van der Waals surface area contributed by atoms with Crippen LogP contribution in [0.4, 0.5) is 0 Å². The fourth-order valence-electron chi connectivity index (χ4n) is 1.41. The first kappa shape index (κ1) is 12.9. The molecule has 1 radical (unpaired) electrons. The van der Waals surface area contributed by atoms with Gasteiger partial charge in [-0.1, -0.05) is 49.8 Å². The van der Waals surface area contributed by atoms with E-state index >= 15 is 0 Å². The Kier molecular flexibility index (Phi) is 4.64. The Bertz CT molecular complexity index is 371. The third-order valence-electron chi connectivity index (χ3n) is 2.34. The number of rotatable bonds is 5. The highest BCUT2D eigenvalue weighted by molar-refractivity contribution is 6.76. The quantitative estimate of drug-likeness (QED) is 0.557. The van der Waals surface area contributed by atoms with Crippen LogP contribution < -0.4 is 4.74 Å². The van der Waals surface area contributed by atoms with E-state index in [-0.39, 0.29) is 0 Å². The number of hydrogen-bond donors (Lipinski definition) is 0. The molecular formula is C14H19OSi. The van der Waals surface area contributed by atoms with Crippen molar-refractivity contribution >= 4 is 8.07 Å². The third-order valence-corrected chi connectivity index (χ3v) is 4.09.